The van der Waals surface area contributed by atoms with Crippen LogP contribution in [0.1, 0.15) is 26.2 Å². The molecule has 2 unspecified atom stereocenters. The van der Waals surface area contributed by atoms with Gasteiger partial charge in [-0.05, 0) is 30.9 Å². The zero-order chi connectivity index (χ0) is 11.8. The van der Waals surface area contributed by atoms with E-state index < -0.39 is 0 Å². The molecular formula is C13H17N3O. The lowest BCUT2D eigenvalue weighted by molar-refractivity contribution is -0.116. The molecule has 0 saturated heterocycles. The summed E-state index contributed by atoms with van der Waals surface area (Å²) in [6, 6.07) is 4.34. The standard InChI is InChI=1S/C13H17N3O/c1-9(17)16-8-10-4-2-5-11(10)15-13-12(16)6-3-7-14-13/h3,6-7,10-11H,2,4-5,8H2,1H3,(H,14,15). The summed E-state index contributed by atoms with van der Waals surface area (Å²) in [6.07, 6.45) is 5.41. The van der Waals surface area contributed by atoms with E-state index in [1.807, 2.05) is 17.0 Å². The van der Waals surface area contributed by atoms with Gasteiger partial charge in [-0.2, -0.15) is 0 Å². The Labute approximate surface area is 101 Å². The summed E-state index contributed by atoms with van der Waals surface area (Å²) < 4.78 is 0. The number of rotatable bonds is 0. The van der Waals surface area contributed by atoms with Crippen LogP contribution < -0.4 is 10.2 Å². The Kier molecular flexibility index (Phi) is 2.50. The molecule has 2 atom stereocenters. The molecule has 1 aliphatic carbocycles. The van der Waals surface area contributed by atoms with Gasteiger partial charge >= 0.3 is 0 Å². The number of anilines is 2. The fourth-order valence-corrected chi connectivity index (χ4v) is 2.98. The lowest BCUT2D eigenvalue weighted by atomic mass is 10.0. The molecule has 1 aromatic heterocycles. The smallest absolute Gasteiger partial charge is 0.223 e. The zero-order valence-corrected chi connectivity index (χ0v) is 10.0. The van der Waals surface area contributed by atoms with Crippen LogP contribution in [0, 0.1) is 5.92 Å². The molecule has 3 rings (SSSR count). The van der Waals surface area contributed by atoms with Crippen molar-refractivity contribution in [2.45, 2.75) is 32.2 Å². The van der Waals surface area contributed by atoms with Gasteiger partial charge in [-0.1, -0.05) is 6.42 Å². The molecule has 0 radical (unpaired) electrons. The first-order valence-corrected chi connectivity index (χ1v) is 6.25. The largest absolute Gasteiger partial charge is 0.365 e. The Morgan fingerprint density at radius 1 is 1.53 bits per heavy atom. The number of pyridine rings is 1. The average molecular weight is 231 g/mol. The summed E-state index contributed by atoms with van der Waals surface area (Å²) in [5, 5.41) is 3.50. The summed E-state index contributed by atoms with van der Waals surface area (Å²) in [7, 11) is 0. The van der Waals surface area contributed by atoms with Crippen molar-refractivity contribution in [3.63, 3.8) is 0 Å². The van der Waals surface area contributed by atoms with E-state index in [2.05, 4.69) is 10.3 Å². The average Bonchev–Trinajstić information content (AvgIpc) is 2.68. The van der Waals surface area contributed by atoms with Gasteiger partial charge in [-0.15, -0.1) is 0 Å². The Morgan fingerprint density at radius 3 is 3.24 bits per heavy atom. The van der Waals surface area contributed by atoms with Crippen molar-refractivity contribution in [2.75, 3.05) is 16.8 Å². The van der Waals surface area contributed by atoms with Crippen LogP contribution in [0.5, 0.6) is 0 Å². The minimum absolute atomic E-state index is 0.105. The summed E-state index contributed by atoms with van der Waals surface area (Å²) in [6.45, 7) is 2.46. The first-order chi connectivity index (χ1) is 8.25. The van der Waals surface area contributed by atoms with E-state index in [1.165, 1.54) is 19.3 Å². The molecule has 1 N–H and O–H groups in total. The van der Waals surface area contributed by atoms with Gasteiger partial charge < -0.3 is 10.2 Å². The Balaban J connectivity index is 2.02. The summed E-state index contributed by atoms with van der Waals surface area (Å²) in [5.74, 6) is 1.53. The van der Waals surface area contributed by atoms with Gasteiger partial charge in [0.15, 0.2) is 0 Å². The topological polar surface area (TPSA) is 45.2 Å². The van der Waals surface area contributed by atoms with Crippen molar-refractivity contribution in [1.82, 2.24) is 4.98 Å². The summed E-state index contributed by atoms with van der Waals surface area (Å²) in [4.78, 5) is 18.0. The van der Waals surface area contributed by atoms with Crippen molar-refractivity contribution in [2.24, 2.45) is 5.92 Å². The lowest BCUT2D eigenvalue weighted by Gasteiger charge is -2.23. The van der Waals surface area contributed by atoms with E-state index in [4.69, 9.17) is 0 Å². The van der Waals surface area contributed by atoms with Crippen LogP contribution in [0.3, 0.4) is 0 Å². The third-order valence-electron chi connectivity index (χ3n) is 3.86. The molecule has 4 heteroatoms. The molecule has 1 amide bonds. The van der Waals surface area contributed by atoms with Gasteiger partial charge in [0.05, 0.1) is 5.69 Å². The fourth-order valence-electron chi connectivity index (χ4n) is 2.98. The SMILES string of the molecule is CC(=O)N1CC2CCCC2Nc2ncccc21. The highest BCUT2D eigenvalue weighted by Gasteiger charge is 2.34. The van der Waals surface area contributed by atoms with Gasteiger partial charge in [-0.25, -0.2) is 4.98 Å². The van der Waals surface area contributed by atoms with Gasteiger partial charge in [0.2, 0.25) is 5.91 Å². The lowest BCUT2D eigenvalue weighted by Crippen LogP contribution is -2.35. The van der Waals surface area contributed by atoms with Crippen molar-refractivity contribution in [3.05, 3.63) is 18.3 Å². The van der Waals surface area contributed by atoms with Crippen LogP contribution in [0.15, 0.2) is 18.3 Å². The molecule has 1 saturated carbocycles. The van der Waals surface area contributed by atoms with Crippen molar-refractivity contribution < 1.29 is 4.79 Å². The first-order valence-electron chi connectivity index (χ1n) is 6.25. The van der Waals surface area contributed by atoms with Gasteiger partial charge in [0.1, 0.15) is 5.82 Å². The molecule has 2 heterocycles. The monoisotopic (exact) mass is 231 g/mol. The first kappa shape index (κ1) is 10.6. The highest BCUT2D eigenvalue weighted by atomic mass is 16.2. The van der Waals surface area contributed by atoms with Gasteiger partial charge in [-0.3, -0.25) is 4.79 Å². The molecule has 4 nitrogen and oxygen atoms in total. The highest BCUT2D eigenvalue weighted by molar-refractivity contribution is 5.94. The number of hydrogen-bond acceptors (Lipinski definition) is 3. The van der Waals surface area contributed by atoms with Crippen molar-refractivity contribution in [1.29, 1.82) is 0 Å². The predicted molar refractivity (Wildman–Crippen MR) is 67.0 cm³/mol. The molecule has 0 spiro atoms. The number of carbonyl (C=O) groups excluding carboxylic acids is 1. The number of aromatic nitrogens is 1. The number of fused-ring (bicyclic) bond motifs is 2. The second-order valence-electron chi connectivity index (χ2n) is 4.94. The quantitative estimate of drug-likeness (QED) is 0.743. The minimum Gasteiger partial charge on any atom is -0.365 e. The highest BCUT2D eigenvalue weighted by Crippen LogP contribution is 2.36. The maximum Gasteiger partial charge on any atom is 0.223 e. The van der Waals surface area contributed by atoms with Crippen molar-refractivity contribution >= 4 is 17.4 Å². The van der Waals surface area contributed by atoms with E-state index in [1.54, 1.807) is 13.1 Å². The van der Waals surface area contributed by atoms with E-state index >= 15 is 0 Å². The molecule has 90 valence electrons. The second-order valence-corrected chi connectivity index (χ2v) is 4.94. The van der Waals surface area contributed by atoms with Crippen LogP contribution >= 0.6 is 0 Å². The molecule has 0 aromatic carbocycles. The predicted octanol–water partition coefficient (Wildman–Crippen LogP) is 2.03. The number of nitrogens with zero attached hydrogens (tertiary/aromatic N) is 2. The van der Waals surface area contributed by atoms with Gasteiger partial charge in [0.25, 0.3) is 0 Å². The molecule has 17 heavy (non-hydrogen) atoms. The summed E-state index contributed by atoms with van der Waals surface area (Å²) >= 11 is 0. The third kappa shape index (κ3) is 1.77. The third-order valence-corrected chi connectivity index (χ3v) is 3.86. The maximum absolute atomic E-state index is 11.8. The van der Waals surface area contributed by atoms with Crippen LogP contribution in [-0.4, -0.2) is 23.5 Å². The van der Waals surface area contributed by atoms with Crippen LogP contribution in [-0.2, 0) is 4.79 Å². The molecule has 0 bridgehead atoms. The maximum atomic E-state index is 11.8. The van der Waals surface area contributed by atoms with Crippen LogP contribution in [0.25, 0.3) is 0 Å². The summed E-state index contributed by atoms with van der Waals surface area (Å²) in [5.41, 5.74) is 0.925. The van der Waals surface area contributed by atoms with Gasteiger partial charge in [0, 0.05) is 25.7 Å². The molecule has 1 aliphatic heterocycles. The molecule has 1 fully saturated rings. The number of hydrogen-bond donors (Lipinski definition) is 1. The molecule has 1 aromatic rings. The van der Waals surface area contributed by atoms with E-state index in [0.717, 1.165) is 18.1 Å². The number of carbonyl (C=O) groups is 1. The van der Waals surface area contributed by atoms with Crippen LogP contribution in [0.4, 0.5) is 11.5 Å². The second kappa shape index (κ2) is 4.02. The van der Waals surface area contributed by atoms with Crippen LogP contribution in [0.2, 0.25) is 0 Å². The van der Waals surface area contributed by atoms with Crippen molar-refractivity contribution in [3.8, 4) is 0 Å². The Hall–Kier alpha value is -1.58. The zero-order valence-electron chi connectivity index (χ0n) is 10.0. The van der Waals surface area contributed by atoms with E-state index in [0.29, 0.717) is 12.0 Å². The Morgan fingerprint density at radius 2 is 2.41 bits per heavy atom. The molecular weight excluding hydrogens is 214 g/mol. The minimum atomic E-state index is 0.105. The number of nitrogens with one attached hydrogen (secondary N) is 1. The van der Waals surface area contributed by atoms with E-state index in [-0.39, 0.29) is 5.91 Å². The number of amides is 1. The molecule has 2 aliphatic rings. The fraction of sp³-hybridized carbons (Fsp3) is 0.538. The normalized spacial score (nSPS) is 26.8. The Bertz CT molecular complexity index is 446. The van der Waals surface area contributed by atoms with E-state index in [9.17, 15) is 4.79 Å².